The summed E-state index contributed by atoms with van der Waals surface area (Å²) in [6, 6.07) is 7.00. The molecule has 0 atom stereocenters. The number of nitrogens with one attached hydrogen (secondary N) is 1. The molecule has 0 bridgehead atoms. The van der Waals surface area contributed by atoms with Crippen molar-refractivity contribution in [1.82, 2.24) is 4.72 Å². The predicted octanol–water partition coefficient (Wildman–Crippen LogP) is 2.37. The fourth-order valence-corrected chi connectivity index (χ4v) is 4.15. The SMILES string of the molecule is CC1(C)C(CNS(=O)(=O)Cc2cccc(N)c2)C1(C)C. The molecule has 1 saturated carbocycles. The van der Waals surface area contributed by atoms with Crippen molar-refractivity contribution in [2.45, 2.75) is 33.4 Å². The zero-order valence-corrected chi connectivity index (χ0v) is 13.4. The van der Waals surface area contributed by atoms with E-state index in [1.807, 2.05) is 0 Å². The van der Waals surface area contributed by atoms with E-state index in [1.54, 1.807) is 24.3 Å². The predicted molar refractivity (Wildman–Crippen MR) is 82.5 cm³/mol. The minimum Gasteiger partial charge on any atom is -0.399 e. The van der Waals surface area contributed by atoms with Gasteiger partial charge in [-0.05, 0) is 34.4 Å². The van der Waals surface area contributed by atoms with E-state index in [9.17, 15) is 8.42 Å². The summed E-state index contributed by atoms with van der Waals surface area (Å²) < 4.78 is 27.0. The molecule has 1 aliphatic carbocycles. The van der Waals surface area contributed by atoms with Gasteiger partial charge in [0.15, 0.2) is 0 Å². The second-order valence-corrected chi connectivity index (χ2v) is 8.66. The van der Waals surface area contributed by atoms with Crippen molar-refractivity contribution in [1.29, 1.82) is 0 Å². The molecule has 0 aromatic heterocycles. The van der Waals surface area contributed by atoms with E-state index in [0.29, 0.717) is 23.7 Å². The Hall–Kier alpha value is -1.07. The van der Waals surface area contributed by atoms with Crippen LogP contribution in [-0.2, 0) is 15.8 Å². The molecule has 1 aromatic rings. The Morgan fingerprint density at radius 2 is 1.80 bits per heavy atom. The fraction of sp³-hybridized carbons (Fsp3) is 0.600. The highest BCUT2D eigenvalue weighted by molar-refractivity contribution is 7.88. The Morgan fingerprint density at radius 3 is 2.30 bits per heavy atom. The fourth-order valence-electron chi connectivity index (χ4n) is 3.01. The topological polar surface area (TPSA) is 72.2 Å². The van der Waals surface area contributed by atoms with Crippen LogP contribution in [0.2, 0.25) is 0 Å². The molecule has 112 valence electrons. The van der Waals surface area contributed by atoms with E-state index in [2.05, 4.69) is 32.4 Å². The zero-order valence-electron chi connectivity index (χ0n) is 12.6. The molecule has 1 fully saturated rings. The van der Waals surface area contributed by atoms with Gasteiger partial charge in [-0.15, -0.1) is 0 Å². The summed E-state index contributed by atoms with van der Waals surface area (Å²) in [6.07, 6.45) is 0. The first-order chi connectivity index (χ1) is 9.06. The molecule has 1 aromatic carbocycles. The summed E-state index contributed by atoms with van der Waals surface area (Å²) in [5.41, 5.74) is 7.34. The van der Waals surface area contributed by atoms with Crippen LogP contribution >= 0.6 is 0 Å². The summed E-state index contributed by atoms with van der Waals surface area (Å²) in [5.74, 6) is 0.358. The Labute approximate surface area is 121 Å². The normalized spacial score (nSPS) is 20.8. The first-order valence-electron chi connectivity index (χ1n) is 6.88. The molecule has 0 unspecified atom stereocenters. The molecule has 0 spiro atoms. The average Bonchev–Trinajstić information content (AvgIpc) is 2.66. The number of hydrogen-bond donors (Lipinski definition) is 2. The van der Waals surface area contributed by atoms with Crippen LogP contribution in [0, 0.1) is 16.7 Å². The molecule has 1 aliphatic rings. The molecule has 0 radical (unpaired) electrons. The Bertz CT molecular complexity index is 592. The first kappa shape index (κ1) is 15.3. The van der Waals surface area contributed by atoms with Gasteiger partial charge in [0, 0.05) is 12.2 Å². The summed E-state index contributed by atoms with van der Waals surface area (Å²) in [4.78, 5) is 0. The van der Waals surface area contributed by atoms with E-state index in [4.69, 9.17) is 5.73 Å². The van der Waals surface area contributed by atoms with Crippen LogP contribution in [0.1, 0.15) is 33.3 Å². The van der Waals surface area contributed by atoms with Crippen LogP contribution in [0.15, 0.2) is 24.3 Å². The molecule has 2 rings (SSSR count). The maximum atomic E-state index is 12.1. The molecule has 0 saturated heterocycles. The summed E-state index contributed by atoms with van der Waals surface area (Å²) in [6.45, 7) is 9.24. The van der Waals surface area contributed by atoms with Crippen LogP contribution in [0.5, 0.6) is 0 Å². The van der Waals surface area contributed by atoms with Crippen LogP contribution < -0.4 is 10.5 Å². The van der Waals surface area contributed by atoms with E-state index in [0.717, 1.165) is 0 Å². The number of hydrogen-bond acceptors (Lipinski definition) is 3. The van der Waals surface area contributed by atoms with Gasteiger partial charge in [-0.1, -0.05) is 39.8 Å². The van der Waals surface area contributed by atoms with E-state index in [-0.39, 0.29) is 16.6 Å². The van der Waals surface area contributed by atoms with Crippen molar-refractivity contribution in [3.05, 3.63) is 29.8 Å². The third-order valence-electron chi connectivity index (χ3n) is 5.13. The van der Waals surface area contributed by atoms with E-state index >= 15 is 0 Å². The summed E-state index contributed by atoms with van der Waals surface area (Å²) in [7, 11) is -3.31. The van der Waals surface area contributed by atoms with Gasteiger partial charge in [0.25, 0.3) is 0 Å². The van der Waals surface area contributed by atoms with Crippen molar-refractivity contribution < 1.29 is 8.42 Å². The largest absolute Gasteiger partial charge is 0.399 e. The van der Waals surface area contributed by atoms with Gasteiger partial charge in [-0.2, -0.15) is 0 Å². The van der Waals surface area contributed by atoms with Gasteiger partial charge >= 0.3 is 0 Å². The van der Waals surface area contributed by atoms with Gasteiger partial charge in [-0.3, -0.25) is 0 Å². The van der Waals surface area contributed by atoms with Crippen molar-refractivity contribution in [2.75, 3.05) is 12.3 Å². The minimum atomic E-state index is -3.31. The van der Waals surface area contributed by atoms with Crippen molar-refractivity contribution in [3.63, 3.8) is 0 Å². The Morgan fingerprint density at radius 1 is 1.20 bits per heavy atom. The number of sulfonamides is 1. The van der Waals surface area contributed by atoms with E-state index in [1.165, 1.54) is 0 Å². The monoisotopic (exact) mass is 296 g/mol. The number of rotatable bonds is 5. The summed E-state index contributed by atoms with van der Waals surface area (Å²) >= 11 is 0. The lowest BCUT2D eigenvalue weighted by atomic mass is 10.0. The van der Waals surface area contributed by atoms with Gasteiger partial charge in [0.05, 0.1) is 5.75 Å². The van der Waals surface area contributed by atoms with Gasteiger partial charge in [0.1, 0.15) is 0 Å². The van der Waals surface area contributed by atoms with Gasteiger partial charge in [-0.25, -0.2) is 13.1 Å². The van der Waals surface area contributed by atoms with Crippen LogP contribution in [0.4, 0.5) is 5.69 Å². The quantitative estimate of drug-likeness (QED) is 0.819. The lowest BCUT2D eigenvalue weighted by Gasteiger charge is -2.08. The highest BCUT2D eigenvalue weighted by Crippen LogP contribution is 2.67. The summed E-state index contributed by atoms with van der Waals surface area (Å²) in [5, 5.41) is 0. The standard InChI is InChI=1S/C15H24N2O2S/c1-14(2)13(15(14,3)4)9-17-20(18,19)10-11-6-5-7-12(16)8-11/h5-8,13,17H,9-10,16H2,1-4H3. The number of benzene rings is 1. The second-order valence-electron chi connectivity index (χ2n) is 6.85. The van der Waals surface area contributed by atoms with E-state index < -0.39 is 10.0 Å². The number of nitrogens with two attached hydrogens (primary N) is 1. The van der Waals surface area contributed by atoms with Crippen LogP contribution in [0.25, 0.3) is 0 Å². The third kappa shape index (κ3) is 2.83. The molecule has 0 heterocycles. The first-order valence-corrected chi connectivity index (χ1v) is 8.53. The lowest BCUT2D eigenvalue weighted by Crippen LogP contribution is -2.28. The van der Waals surface area contributed by atoms with Crippen molar-refractivity contribution in [2.24, 2.45) is 16.7 Å². The molecule has 0 aliphatic heterocycles. The Kier molecular flexibility index (Phi) is 3.63. The van der Waals surface area contributed by atoms with Crippen molar-refractivity contribution in [3.8, 4) is 0 Å². The smallest absolute Gasteiger partial charge is 0.215 e. The maximum absolute atomic E-state index is 12.1. The van der Waals surface area contributed by atoms with Gasteiger partial charge < -0.3 is 5.73 Å². The number of anilines is 1. The highest BCUT2D eigenvalue weighted by atomic mass is 32.2. The minimum absolute atomic E-state index is 0.0222. The maximum Gasteiger partial charge on any atom is 0.215 e. The second kappa shape index (κ2) is 4.74. The molecule has 20 heavy (non-hydrogen) atoms. The zero-order chi connectivity index (χ0) is 15.2. The number of nitrogen functional groups attached to an aromatic ring is 1. The van der Waals surface area contributed by atoms with Crippen LogP contribution in [0.3, 0.4) is 0 Å². The molecule has 0 amide bonds. The van der Waals surface area contributed by atoms with Crippen molar-refractivity contribution >= 4 is 15.7 Å². The highest BCUT2D eigenvalue weighted by Gasteiger charge is 2.64. The lowest BCUT2D eigenvalue weighted by molar-refractivity contribution is 0.457. The Balaban J connectivity index is 1.96. The molecule has 5 heteroatoms. The van der Waals surface area contributed by atoms with Gasteiger partial charge in [0.2, 0.25) is 10.0 Å². The molecular formula is C15H24N2O2S. The molecule has 3 N–H and O–H groups in total. The molecule has 4 nitrogen and oxygen atoms in total. The average molecular weight is 296 g/mol. The third-order valence-corrected chi connectivity index (χ3v) is 6.45. The van der Waals surface area contributed by atoms with Crippen LogP contribution in [-0.4, -0.2) is 15.0 Å². The molecular weight excluding hydrogens is 272 g/mol.